The molecule has 0 saturated carbocycles. The van der Waals surface area contributed by atoms with Crippen LogP contribution in [0.1, 0.15) is 30.2 Å². The molecule has 0 saturated heterocycles. The Morgan fingerprint density at radius 1 is 1.32 bits per heavy atom. The van der Waals surface area contributed by atoms with Gasteiger partial charge < -0.3 is 10.1 Å². The second-order valence-electron chi connectivity index (χ2n) is 4.36. The molecule has 1 rings (SSSR count). The van der Waals surface area contributed by atoms with Crippen molar-refractivity contribution in [3.05, 3.63) is 22.9 Å². The van der Waals surface area contributed by atoms with Gasteiger partial charge in [-0.3, -0.25) is 0 Å². The van der Waals surface area contributed by atoms with Crippen LogP contribution in [0.5, 0.6) is 5.88 Å². The van der Waals surface area contributed by atoms with E-state index in [1.54, 1.807) is 6.92 Å². The highest BCUT2D eigenvalue weighted by atomic mass is 19.4. The number of halogens is 3. The fourth-order valence-corrected chi connectivity index (χ4v) is 1.68. The Morgan fingerprint density at radius 3 is 2.58 bits per heavy atom. The van der Waals surface area contributed by atoms with Crippen LogP contribution < -0.4 is 10.1 Å². The van der Waals surface area contributed by atoms with Gasteiger partial charge in [0.25, 0.3) is 0 Å². The summed E-state index contributed by atoms with van der Waals surface area (Å²) in [5.41, 5.74) is 2.52. The fourth-order valence-electron chi connectivity index (χ4n) is 1.68. The van der Waals surface area contributed by atoms with Gasteiger partial charge >= 0.3 is 6.18 Å². The van der Waals surface area contributed by atoms with E-state index in [9.17, 15) is 13.2 Å². The van der Waals surface area contributed by atoms with Crippen LogP contribution in [-0.2, 0) is 6.54 Å². The molecule has 0 atom stereocenters. The zero-order valence-electron chi connectivity index (χ0n) is 11.4. The van der Waals surface area contributed by atoms with Gasteiger partial charge in [0, 0.05) is 17.8 Å². The zero-order chi connectivity index (χ0) is 14.5. The first-order chi connectivity index (χ1) is 8.83. The van der Waals surface area contributed by atoms with Crippen molar-refractivity contribution in [2.75, 3.05) is 13.2 Å². The van der Waals surface area contributed by atoms with Crippen LogP contribution in [0.25, 0.3) is 0 Å². The quantitative estimate of drug-likeness (QED) is 0.866. The van der Waals surface area contributed by atoms with Crippen LogP contribution in [0.4, 0.5) is 13.2 Å². The normalized spacial score (nSPS) is 11.7. The van der Waals surface area contributed by atoms with E-state index in [2.05, 4.69) is 10.3 Å². The van der Waals surface area contributed by atoms with Gasteiger partial charge in [-0.25, -0.2) is 4.98 Å². The Morgan fingerprint density at radius 2 is 2.00 bits per heavy atom. The van der Waals surface area contributed by atoms with E-state index in [1.165, 1.54) is 0 Å². The van der Waals surface area contributed by atoms with Crippen molar-refractivity contribution in [1.82, 2.24) is 10.3 Å². The molecule has 3 nitrogen and oxygen atoms in total. The Hall–Kier alpha value is -1.30. The van der Waals surface area contributed by atoms with Crippen LogP contribution in [0.3, 0.4) is 0 Å². The lowest BCUT2D eigenvalue weighted by molar-refractivity contribution is -0.139. The molecule has 0 bridgehead atoms. The monoisotopic (exact) mass is 276 g/mol. The predicted molar refractivity (Wildman–Crippen MR) is 67.3 cm³/mol. The molecule has 0 radical (unpaired) electrons. The van der Waals surface area contributed by atoms with Gasteiger partial charge in [0.15, 0.2) is 0 Å². The van der Waals surface area contributed by atoms with Crippen LogP contribution >= 0.6 is 0 Å². The van der Waals surface area contributed by atoms with Crippen molar-refractivity contribution in [3.8, 4) is 5.88 Å². The second-order valence-corrected chi connectivity index (χ2v) is 4.36. The lowest BCUT2D eigenvalue weighted by Gasteiger charge is -2.15. The van der Waals surface area contributed by atoms with Crippen molar-refractivity contribution in [3.63, 3.8) is 0 Å². The third-order valence-corrected chi connectivity index (χ3v) is 2.61. The summed E-state index contributed by atoms with van der Waals surface area (Å²) in [7, 11) is 0. The Kier molecular flexibility index (Phi) is 5.60. The highest BCUT2D eigenvalue weighted by molar-refractivity contribution is 5.35. The predicted octanol–water partition coefficient (Wildman–Crippen LogP) is 3.14. The second kappa shape index (κ2) is 6.75. The van der Waals surface area contributed by atoms with Crippen molar-refractivity contribution in [2.24, 2.45) is 0 Å². The summed E-state index contributed by atoms with van der Waals surface area (Å²) in [5, 5.41) is 3.13. The van der Waals surface area contributed by atoms with E-state index in [1.807, 2.05) is 19.9 Å². The number of aromatic nitrogens is 1. The third kappa shape index (κ3) is 5.46. The maximum absolute atomic E-state index is 12.1. The Bertz CT molecular complexity index is 419. The lowest BCUT2D eigenvalue weighted by atomic mass is 10.1. The number of aryl methyl sites for hydroxylation is 2. The molecule has 1 aromatic heterocycles. The molecule has 0 fully saturated rings. The average molecular weight is 276 g/mol. The minimum absolute atomic E-state index is 0.294. The number of hydrogen-bond acceptors (Lipinski definition) is 3. The molecule has 0 spiro atoms. The Labute approximate surface area is 111 Å². The molecule has 108 valence electrons. The van der Waals surface area contributed by atoms with Crippen molar-refractivity contribution in [1.29, 1.82) is 0 Å². The molecule has 1 heterocycles. The van der Waals surface area contributed by atoms with Gasteiger partial charge in [-0.15, -0.1) is 0 Å². The number of rotatable bonds is 6. The molecular formula is C13H19F3N2O. The summed E-state index contributed by atoms with van der Waals surface area (Å²) in [6, 6.07) is 1.89. The van der Waals surface area contributed by atoms with Crippen molar-refractivity contribution >= 4 is 0 Å². The maximum Gasteiger partial charge on any atom is 0.392 e. The topological polar surface area (TPSA) is 34.2 Å². The van der Waals surface area contributed by atoms with Gasteiger partial charge in [0.2, 0.25) is 5.88 Å². The first-order valence-corrected chi connectivity index (χ1v) is 6.21. The van der Waals surface area contributed by atoms with Gasteiger partial charge in [0.1, 0.15) is 0 Å². The molecule has 0 unspecified atom stereocenters. The zero-order valence-corrected chi connectivity index (χ0v) is 11.4. The molecule has 6 heteroatoms. The van der Waals surface area contributed by atoms with Crippen LogP contribution in [0.2, 0.25) is 0 Å². The molecule has 1 N–H and O–H groups in total. The minimum atomic E-state index is -4.21. The third-order valence-electron chi connectivity index (χ3n) is 2.61. The van der Waals surface area contributed by atoms with Gasteiger partial charge in [0.05, 0.1) is 13.0 Å². The number of pyridine rings is 1. The number of nitrogens with zero attached hydrogens (tertiary/aromatic N) is 1. The summed E-state index contributed by atoms with van der Waals surface area (Å²) < 4.78 is 41.5. The largest absolute Gasteiger partial charge is 0.477 e. The van der Waals surface area contributed by atoms with Crippen LogP contribution in [0.15, 0.2) is 6.07 Å². The van der Waals surface area contributed by atoms with E-state index in [-0.39, 0.29) is 0 Å². The Balaban J connectivity index is 2.79. The van der Waals surface area contributed by atoms with Crippen LogP contribution in [-0.4, -0.2) is 24.3 Å². The van der Waals surface area contributed by atoms with E-state index in [4.69, 9.17) is 4.74 Å². The number of ether oxygens (including phenoxy) is 1. The van der Waals surface area contributed by atoms with E-state index >= 15 is 0 Å². The minimum Gasteiger partial charge on any atom is -0.477 e. The summed E-state index contributed by atoms with van der Waals surface area (Å²) in [4.78, 5) is 4.18. The summed E-state index contributed by atoms with van der Waals surface area (Å²) in [6.07, 6.45) is -5.18. The van der Waals surface area contributed by atoms with E-state index in [0.717, 1.165) is 23.4 Å². The maximum atomic E-state index is 12.1. The van der Waals surface area contributed by atoms with Crippen LogP contribution in [0, 0.1) is 13.8 Å². The van der Waals surface area contributed by atoms with E-state index in [0.29, 0.717) is 12.4 Å². The highest BCUT2D eigenvalue weighted by Crippen LogP contribution is 2.23. The first kappa shape index (κ1) is 15.8. The molecule has 0 aliphatic carbocycles. The molecule has 19 heavy (non-hydrogen) atoms. The lowest BCUT2D eigenvalue weighted by Crippen LogP contribution is -2.17. The molecule has 0 aromatic carbocycles. The number of nitrogens with one attached hydrogen (secondary N) is 1. The smallest absolute Gasteiger partial charge is 0.392 e. The van der Waals surface area contributed by atoms with Crippen molar-refractivity contribution < 1.29 is 17.9 Å². The SMILES string of the molecule is CCNCc1c(C)cc(C)nc1OCCC(F)(F)F. The van der Waals surface area contributed by atoms with Gasteiger partial charge in [-0.1, -0.05) is 6.92 Å². The van der Waals surface area contributed by atoms with E-state index < -0.39 is 19.2 Å². The summed E-state index contributed by atoms with van der Waals surface area (Å²) in [6.45, 7) is 6.56. The van der Waals surface area contributed by atoms with Crippen molar-refractivity contribution in [2.45, 2.75) is 39.9 Å². The number of hydrogen-bond donors (Lipinski definition) is 1. The highest BCUT2D eigenvalue weighted by Gasteiger charge is 2.27. The number of alkyl halides is 3. The average Bonchev–Trinajstić information content (AvgIpc) is 2.26. The van der Waals surface area contributed by atoms with Gasteiger partial charge in [-0.2, -0.15) is 13.2 Å². The molecule has 0 aliphatic heterocycles. The summed E-state index contributed by atoms with van der Waals surface area (Å²) in [5.74, 6) is 0.294. The molecule has 0 aliphatic rings. The van der Waals surface area contributed by atoms with Gasteiger partial charge in [-0.05, 0) is 32.0 Å². The fraction of sp³-hybridized carbons (Fsp3) is 0.615. The first-order valence-electron chi connectivity index (χ1n) is 6.21. The molecule has 1 aromatic rings. The standard InChI is InChI=1S/C13H19F3N2O/c1-4-17-8-11-9(2)7-10(3)18-12(11)19-6-5-13(14,15)16/h7,17H,4-6,8H2,1-3H3. The molecular weight excluding hydrogens is 257 g/mol. The molecule has 0 amide bonds. The summed E-state index contributed by atoms with van der Waals surface area (Å²) >= 11 is 0.